The van der Waals surface area contributed by atoms with E-state index in [1.54, 1.807) is 37.4 Å². The second-order valence-corrected chi connectivity index (χ2v) is 6.78. The molecule has 0 fully saturated rings. The Morgan fingerprint density at radius 3 is 2.34 bits per heavy atom. The van der Waals surface area contributed by atoms with Crippen LogP contribution < -0.4 is 9.47 Å². The van der Waals surface area contributed by atoms with Gasteiger partial charge in [-0.2, -0.15) is 4.21 Å². The van der Waals surface area contributed by atoms with Gasteiger partial charge in [0.05, 0.1) is 18.1 Å². The number of methoxy groups -OCH3 is 1. The Morgan fingerprint density at radius 2 is 1.79 bits per heavy atom. The zero-order chi connectivity index (χ0) is 21.7. The molecule has 2 aromatic rings. The third kappa shape index (κ3) is 6.75. The first kappa shape index (κ1) is 24.4. The van der Waals surface area contributed by atoms with Gasteiger partial charge in [0.2, 0.25) is 0 Å². The van der Waals surface area contributed by atoms with Gasteiger partial charge in [0.25, 0.3) is 0 Å². The Kier molecular flexibility index (Phi) is 10.8. The minimum absolute atomic E-state index is 0.116. The number of hydrogen-bond donors (Lipinski definition) is 0. The van der Waals surface area contributed by atoms with Gasteiger partial charge >= 0.3 is 0 Å². The Labute approximate surface area is 177 Å². The van der Waals surface area contributed by atoms with E-state index in [2.05, 4.69) is 19.5 Å². The lowest BCUT2D eigenvalue weighted by Gasteiger charge is -2.27. The predicted molar refractivity (Wildman–Crippen MR) is 115 cm³/mol. The van der Waals surface area contributed by atoms with Gasteiger partial charge in [-0.05, 0) is 25.0 Å². The lowest BCUT2D eigenvalue weighted by Crippen LogP contribution is -2.30. The molecule has 5 nitrogen and oxygen atoms in total. The fourth-order valence-corrected chi connectivity index (χ4v) is 2.96. The second kappa shape index (κ2) is 12.8. The van der Waals surface area contributed by atoms with Gasteiger partial charge in [0.15, 0.2) is 18.3 Å². The molecule has 0 N–H and O–H groups in total. The van der Waals surface area contributed by atoms with Crippen LogP contribution in [0.5, 0.6) is 11.5 Å². The summed E-state index contributed by atoms with van der Waals surface area (Å²) in [5, 5.41) is 0. The number of rotatable bonds is 11. The fraction of sp³-hybridized carbons (Fsp3) is 0.391. The van der Waals surface area contributed by atoms with Crippen LogP contribution in [0.2, 0.25) is 0 Å². The van der Waals surface area contributed by atoms with Crippen molar-refractivity contribution in [1.29, 1.82) is 0 Å². The molecule has 0 aliphatic carbocycles. The molecule has 29 heavy (non-hydrogen) atoms. The van der Waals surface area contributed by atoms with E-state index in [4.69, 9.17) is 13.7 Å². The van der Waals surface area contributed by atoms with Crippen molar-refractivity contribution in [2.24, 2.45) is 5.41 Å². The van der Waals surface area contributed by atoms with Crippen LogP contribution in [0, 0.1) is 5.41 Å². The molecule has 2 rings (SSSR count). The zero-order valence-corrected chi connectivity index (χ0v) is 18.0. The molecule has 0 aromatic heterocycles. The number of ether oxygens (including phenoxy) is 2. The Balaban J connectivity index is 0.00000204. The first-order valence-electron chi connectivity index (χ1n) is 9.62. The average Bonchev–Trinajstić information content (AvgIpc) is 2.81. The van der Waals surface area contributed by atoms with Gasteiger partial charge in [0.1, 0.15) is 24.4 Å². The SMILES string of the molecule is CCCCC(C=O)(CC)COc1cc(OC)ccc1C(=O)c1ccccc1.O=S. The van der Waals surface area contributed by atoms with Crippen LogP contribution in [0.15, 0.2) is 48.5 Å². The first-order chi connectivity index (χ1) is 14.1. The smallest absolute Gasteiger partial charge is 0.197 e. The quantitative estimate of drug-likeness (QED) is 0.389. The van der Waals surface area contributed by atoms with Crippen LogP contribution in [0.3, 0.4) is 0 Å². The van der Waals surface area contributed by atoms with E-state index in [0.717, 1.165) is 25.5 Å². The van der Waals surface area contributed by atoms with E-state index in [1.807, 2.05) is 25.1 Å². The third-order valence-corrected chi connectivity index (χ3v) is 4.97. The van der Waals surface area contributed by atoms with Crippen LogP contribution in [0.25, 0.3) is 0 Å². The highest BCUT2D eigenvalue weighted by atomic mass is 32.1. The summed E-state index contributed by atoms with van der Waals surface area (Å²) in [4.78, 5) is 24.7. The van der Waals surface area contributed by atoms with Crippen molar-refractivity contribution in [1.82, 2.24) is 0 Å². The summed E-state index contributed by atoms with van der Waals surface area (Å²) in [6, 6.07) is 14.2. The molecular formula is C23H28O5S. The molecule has 1 unspecified atom stereocenters. The maximum absolute atomic E-state index is 12.9. The summed E-state index contributed by atoms with van der Waals surface area (Å²) in [6.07, 6.45) is 4.45. The van der Waals surface area contributed by atoms with Crippen molar-refractivity contribution in [3.8, 4) is 11.5 Å². The monoisotopic (exact) mass is 416 g/mol. The van der Waals surface area contributed by atoms with Gasteiger partial charge in [0, 0.05) is 11.6 Å². The molecule has 0 aliphatic rings. The minimum Gasteiger partial charge on any atom is -0.497 e. The molecule has 6 heteroatoms. The van der Waals surface area contributed by atoms with Crippen LogP contribution >= 0.6 is 0 Å². The second-order valence-electron chi connectivity index (χ2n) is 6.78. The number of aldehydes is 1. The Hall–Kier alpha value is -2.60. The normalized spacial score (nSPS) is 12.1. The van der Waals surface area contributed by atoms with E-state index in [9.17, 15) is 9.59 Å². The zero-order valence-electron chi connectivity index (χ0n) is 17.2. The van der Waals surface area contributed by atoms with E-state index >= 15 is 0 Å². The molecule has 0 spiro atoms. The van der Waals surface area contributed by atoms with Crippen molar-refractivity contribution in [3.63, 3.8) is 0 Å². The minimum atomic E-state index is -0.536. The standard InChI is InChI=1S/C23H28O4.OS/c1-4-6-14-23(5-2,16-24)17-27-21-15-19(26-3)12-13-20(21)22(25)18-10-8-7-9-11-18;1-2/h7-13,15-16H,4-6,14,17H2,1-3H3;. The molecular weight excluding hydrogens is 388 g/mol. The molecule has 0 saturated heterocycles. The molecule has 0 heterocycles. The van der Waals surface area contributed by atoms with Gasteiger partial charge < -0.3 is 14.3 Å². The Bertz CT molecular complexity index is 778. The van der Waals surface area contributed by atoms with E-state index in [-0.39, 0.29) is 12.4 Å². The van der Waals surface area contributed by atoms with E-state index < -0.39 is 5.41 Å². The molecule has 1 atom stereocenters. The lowest BCUT2D eigenvalue weighted by atomic mass is 9.82. The van der Waals surface area contributed by atoms with Crippen LogP contribution in [-0.4, -0.2) is 30.0 Å². The predicted octanol–water partition coefficient (Wildman–Crippen LogP) is 4.75. The number of carbonyl (C=O) groups excluding carboxylic acids is 2. The number of unbranched alkanes of at least 4 members (excludes halogenated alkanes) is 1. The van der Waals surface area contributed by atoms with Crippen molar-refractivity contribution in [3.05, 3.63) is 59.7 Å². The highest BCUT2D eigenvalue weighted by molar-refractivity contribution is 7.44. The number of benzene rings is 2. The highest BCUT2D eigenvalue weighted by Gasteiger charge is 2.29. The fourth-order valence-electron chi connectivity index (χ4n) is 2.96. The molecule has 0 aliphatic heterocycles. The van der Waals surface area contributed by atoms with Crippen LogP contribution in [0.4, 0.5) is 0 Å². The van der Waals surface area contributed by atoms with Gasteiger partial charge in [-0.15, -0.1) is 0 Å². The maximum Gasteiger partial charge on any atom is 0.197 e. The van der Waals surface area contributed by atoms with E-state index in [0.29, 0.717) is 29.0 Å². The highest BCUT2D eigenvalue weighted by Crippen LogP contribution is 2.31. The van der Waals surface area contributed by atoms with Gasteiger partial charge in [-0.25, -0.2) is 0 Å². The number of hydrogen-bond acceptors (Lipinski definition) is 6. The largest absolute Gasteiger partial charge is 0.497 e. The summed E-state index contributed by atoms with van der Waals surface area (Å²) in [6.45, 7) is 4.34. The van der Waals surface area contributed by atoms with Gasteiger partial charge in [-0.3, -0.25) is 4.79 Å². The van der Waals surface area contributed by atoms with Crippen LogP contribution in [-0.2, 0) is 17.3 Å². The van der Waals surface area contributed by atoms with Gasteiger partial charge in [-0.1, -0.05) is 57.0 Å². The maximum atomic E-state index is 12.9. The summed E-state index contributed by atoms with van der Waals surface area (Å²) in [5.41, 5.74) is 0.524. The summed E-state index contributed by atoms with van der Waals surface area (Å²) in [5.74, 6) is 0.936. The van der Waals surface area contributed by atoms with Crippen molar-refractivity contribution < 1.29 is 23.3 Å². The topological polar surface area (TPSA) is 69.7 Å². The number of ketones is 1. The average molecular weight is 417 g/mol. The molecule has 0 amide bonds. The summed E-state index contributed by atoms with van der Waals surface area (Å²) < 4.78 is 19.2. The van der Waals surface area contributed by atoms with Crippen molar-refractivity contribution in [2.75, 3.05) is 13.7 Å². The molecule has 2 aromatic carbocycles. The van der Waals surface area contributed by atoms with E-state index in [1.165, 1.54) is 0 Å². The summed E-state index contributed by atoms with van der Waals surface area (Å²) >= 11 is 2.83. The molecule has 0 saturated carbocycles. The van der Waals surface area contributed by atoms with Crippen LogP contribution in [0.1, 0.15) is 55.5 Å². The first-order valence-corrected chi connectivity index (χ1v) is 9.96. The van der Waals surface area contributed by atoms with Crippen molar-refractivity contribution >= 4 is 24.6 Å². The van der Waals surface area contributed by atoms with Crippen molar-refractivity contribution in [2.45, 2.75) is 39.5 Å². The Morgan fingerprint density at radius 1 is 1.10 bits per heavy atom. The third-order valence-electron chi connectivity index (χ3n) is 4.97. The molecule has 156 valence electrons. The molecule has 0 bridgehead atoms. The summed E-state index contributed by atoms with van der Waals surface area (Å²) in [7, 11) is 1.57. The lowest BCUT2D eigenvalue weighted by molar-refractivity contribution is -0.118. The number of carbonyl (C=O) groups is 2. The molecule has 0 radical (unpaired) electrons.